The Labute approximate surface area is 145 Å². The van der Waals surface area contributed by atoms with Crippen LogP contribution in [0.1, 0.15) is 24.9 Å². The Balaban J connectivity index is 1.38. The maximum atomic E-state index is 14.0. The fraction of sp³-hybridized carbons (Fsp3) is 0.684. The molecule has 1 aromatic rings. The first-order valence-electron chi connectivity index (χ1n) is 9.25. The average Bonchev–Trinajstić information content (AvgIpc) is 2.63. The van der Waals surface area contributed by atoms with Crippen LogP contribution in [-0.2, 0) is 4.74 Å². The normalized spacial score (nSPS) is 22.6. The minimum Gasteiger partial charge on any atom is -0.379 e. The Hall–Kier alpha value is -1.01. The molecule has 0 saturated carbocycles. The molecule has 3 rings (SSSR count). The van der Waals surface area contributed by atoms with Crippen molar-refractivity contribution in [3.63, 3.8) is 0 Å². The van der Waals surface area contributed by atoms with Crippen molar-refractivity contribution in [1.29, 1.82) is 0 Å². The predicted molar refractivity (Wildman–Crippen MR) is 94.7 cm³/mol. The summed E-state index contributed by atoms with van der Waals surface area (Å²) in [5.41, 5.74) is 0.818. The number of rotatable bonds is 6. The fourth-order valence-electron chi connectivity index (χ4n) is 3.73. The van der Waals surface area contributed by atoms with Crippen molar-refractivity contribution >= 4 is 0 Å². The smallest absolute Gasteiger partial charge is 0.127 e. The Morgan fingerprint density at radius 1 is 0.958 bits per heavy atom. The van der Waals surface area contributed by atoms with Crippen LogP contribution in [-0.4, -0.2) is 80.3 Å². The number of hydrogen-bond donors (Lipinski definition) is 0. The molecule has 0 radical (unpaired) electrons. The summed E-state index contributed by atoms with van der Waals surface area (Å²) in [5.74, 6) is -0.0852. The number of benzene rings is 1. The van der Waals surface area contributed by atoms with Gasteiger partial charge in [-0.3, -0.25) is 9.80 Å². The largest absolute Gasteiger partial charge is 0.379 e. The Kier molecular flexibility index (Phi) is 6.60. The lowest BCUT2D eigenvalue weighted by Crippen LogP contribution is -2.48. The molecule has 5 heteroatoms. The summed E-state index contributed by atoms with van der Waals surface area (Å²) in [4.78, 5) is 7.45. The molecule has 4 nitrogen and oxygen atoms in total. The first-order valence-corrected chi connectivity index (χ1v) is 9.25. The van der Waals surface area contributed by atoms with Gasteiger partial charge in [0.2, 0.25) is 0 Å². The SMILES string of the molecule is CC(c1ccccc1F)N1CCN(CCCN2CCOCC2)CC1. The van der Waals surface area contributed by atoms with Gasteiger partial charge in [-0.25, -0.2) is 4.39 Å². The summed E-state index contributed by atoms with van der Waals surface area (Å²) in [6.07, 6.45) is 1.23. The molecule has 0 aromatic heterocycles. The number of halogens is 1. The molecule has 1 unspecified atom stereocenters. The van der Waals surface area contributed by atoms with E-state index in [-0.39, 0.29) is 11.9 Å². The van der Waals surface area contributed by atoms with Crippen molar-refractivity contribution in [3.05, 3.63) is 35.6 Å². The summed E-state index contributed by atoms with van der Waals surface area (Å²) < 4.78 is 19.4. The molecule has 0 aliphatic carbocycles. The molecule has 24 heavy (non-hydrogen) atoms. The van der Waals surface area contributed by atoms with E-state index < -0.39 is 0 Å². The number of piperazine rings is 1. The van der Waals surface area contributed by atoms with Crippen molar-refractivity contribution in [2.24, 2.45) is 0 Å². The number of hydrogen-bond acceptors (Lipinski definition) is 4. The van der Waals surface area contributed by atoms with Gasteiger partial charge in [0.15, 0.2) is 0 Å². The van der Waals surface area contributed by atoms with Gasteiger partial charge in [0.25, 0.3) is 0 Å². The Morgan fingerprint density at radius 3 is 2.25 bits per heavy atom. The van der Waals surface area contributed by atoms with Crippen molar-refractivity contribution in [2.75, 3.05) is 65.6 Å². The minimum atomic E-state index is -0.0852. The fourth-order valence-corrected chi connectivity index (χ4v) is 3.73. The third-order valence-electron chi connectivity index (χ3n) is 5.36. The van der Waals surface area contributed by atoms with E-state index in [2.05, 4.69) is 21.6 Å². The lowest BCUT2D eigenvalue weighted by molar-refractivity contribution is 0.0345. The zero-order valence-electron chi connectivity index (χ0n) is 14.8. The molecule has 0 spiro atoms. The third kappa shape index (κ3) is 4.76. The Morgan fingerprint density at radius 2 is 1.58 bits per heavy atom. The molecule has 0 N–H and O–H groups in total. The van der Waals surface area contributed by atoms with Gasteiger partial charge in [-0.05, 0) is 32.5 Å². The van der Waals surface area contributed by atoms with E-state index in [4.69, 9.17) is 4.74 Å². The molecule has 1 aromatic carbocycles. The van der Waals surface area contributed by atoms with Gasteiger partial charge in [-0.15, -0.1) is 0 Å². The quantitative estimate of drug-likeness (QED) is 0.793. The molecule has 2 aliphatic heterocycles. The molecule has 0 bridgehead atoms. The van der Waals surface area contributed by atoms with Crippen LogP contribution in [0.2, 0.25) is 0 Å². The highest BCUT2D eigenvalue weighted by Gasteiger charge is 2.23. The minimum absolute atomic E-state index is 0.0852. The lowest BCUT2D eigenvalue weighted by Gasteiger charge is -2.38. The second-order valence-electron chi connectivity index (χ2n) is 6.88. The highest BCUT2D eigenvalue weighted by Crippen LogP contribution is 2.23. The van der Waals surface area contributed by atoms with Crippen molar-refractivity contribution < 1.29 is 9.13 Å². The highest BCUT2D eigenvalue weighted by molar-refractivity contribution is 5.20. The van der Waals surface area contributed by atoms with Gasteiger partial charge >= 0.3 is 0 Å². The maximum Gasteiger partial charge on any atom is 0.127 e. The van der Waals surface area contributed by atoms with E-state index in [9.17, 15) is 4.39 Å². The molecule has 2 heterocycles. The monoisotopic (exact) mass is 335 g/mol. The highest BCUT2D eigenvalue weighted by atomic mass is 19.1. The summed E-state index contributed by atoms with van der Waals surface area (Å²) in [5, 5.41) is 0. The molecular formula is C19H30FN3O. The van der Waals surface area contributed by atoms with Gasteiger partial charge in [0.1, 0.15) is 5.82 Å². The number of morpholine rings is 1. The second kappa shape index (κ2) is 8.90. The molecule has 0 amide bonds. The first-order chi connectivity index (χ1) is 11.7. The van der Waals surface area contributed by atoms with E-state index in [1.54, 1.807) is 12.1 Å². The van der Waals surface area contributed by atoms with Gasteiger partial charge < -0.3 is 9.64 Å². The third-order valence-corrected chi connectivity index (χ3v) is 5.36. The van der Waals surface area contributed by atoms with E-state index in [0.717, 1.165) is 58.0 Å². The van der Waals surface area contributed by atoms with Crippen molar-refractivity contribution in [2.45, 2.75) is 19.4 Å². The number of ether oxygens (including phenoxy) is 1. The number of nitrogens with zero attached hydrogens (tertiary/aromatic N) is 3. The van der Waals surface area contributed by atoms with Crippen LogP contribution in [0.4, 0.5) is 4.39 Å². The van der Waals surface area contributed by atoms with Crippen LogP contribution >= 0.6 is 0 Å². The summed E-state index contributed by atoms with van der Waals surface area (Å²) in [6, 6.07) is 7.32. The second-order valence-corrected chi connectivity index (χ2v) is 6.88. The molecule has 1 atom stereocenters. The predicted octanol–water partition coefficient (Wildman–Crippen LogP) is 2.23. The molecule has 2 aliphatic rings. The summed E-state index contributed by atoms with van der Waals surface area (Å²) in [7, 11) is 0. The lowest BCUT2D eigenvalue weighted by atomic mass is 10.1. The topological polar surface area (TPSA) is 19.0 Å². The summed E-state index contributed by atoms with van der Waals surface area (Å²) in [6.45, 7) is 12.6. The van der Waals surface area contributed by atoms with Crippen LogP contribution < -0.4 is 0 Å². The van der Waals surface area contributed by atoms with E-state index in [1.165, 1.54) is 19.5 Å². The van der Waals surface area contributed by atoms with Crippen LogP contribution in [0.25, 0.3) is 0 Å². The van der Waals surface area contributed by atoms with Crippen molar-refractivity contribution in [1.82, 2.24) is 14.7 Å². The van der Waals surface area contributed by atoms with E-state index in [1.807, 2.05) is 12.1 Å². The molecule has 2 saturated heterocycles. The van der Waals surface area contributed by atoms with Crippen LogP contribution in [0, 0.1) is 5.82 Å². The molecule has 134 valence electrons. The molecular weight excluding hydrogens is 305 g/mol. The van der Waals surface area contributed by atoms with Crippen LogP contribution in [0.5, 0.6) is 0 Å². The zero-order valence-corrected chi connectivity index (χ0v) is 14.8. The van der Waals surface area contributed by atoms with E-state index >= 15 is 0 Å². The standard InChI is InChI=1S/C19H30FN3O/c1-17(18-5-2-3-6-19(18)20)23-11-9-21(10-12-23)7-4-8-22-13-15-24-16-14-22/h2-3,5-6,17H,4,7-16H2,1H3. The summed E-state index contributed by atoms with van der Waals surface area (Å²) >= 11 is 0. The van der Waals surface area contributed by atoms with Gasteiger partial charge in [-0.1, -0.05) is 18.2 Å². The van der Waals surface area contributed by atoms with Gasteiger partial charge in [0, 0.05) is 50.9 Å². The first kappa shape index (κ1) is 17.8. The van der Waals surface area contributed by atoms with E-state index in [0.29, 0.717) is 0 Å². The van der Waals surface area contributed by atoms with Crippen LogP contribution in [0.3, 0.4) is 0 Å². The zero-order chi connectivity index (χ0) is 16.8. The van der Waals surface area contributed by atoms with Crippen LogP contribution in [0.15, 0.2) is 24.3 Å². The maximum absolute atomic E-state index is 14.0. The Bertz CT molecular complexity index is 499. The van der Waals surface area contributed by atoms with Gasteiger partial charge in [-0.2, -0.15) is 0 Å². The van der Waals surface area contributed by atoms with Crippen molar-refractivity contribution in [3.8, 4) is 0 Å². The molecule has 2 fully saturated rings. The average molecular weight is 335 g/mol. The van der Waals surface area contributed by atoms with Gasteiger partial charge in [0.05, 0.1) is 13.2 Å².